The Balaban J connectivity index is 4.55. The van der Waals surface area contributed by atoms with Crippen LogP contribution in [0.5, 0.6) is 0 Å². The van der Waals surface area contributed by atoms with E-state index >= 15 is 0 Å². The molecule has 0 saturated heterocycles. The van der Waals surface area contributed by atoms with Crippen molar-refractivity contribution in [1.82, 2.24) is 0 Å². The average Bonchev–Trinajstić information content (AvgIpc) is 3.18. The number of hydrogen-bond acceptors (Lipinski definition) is 8. The minimum Gasteiger partial charge on any atom is -0.756 e. The van der Waals surface area contributed by atoms with Gasteiger partial charge in [0.25, 0.3) is 7.82 Å². The molecule has 0 radical (unpaired) electrons. The van der Waals surface area contributed by atoms with Crippen LogP contribution >= 0.6 is 7.82 Å². The molecular weight excluding hydrogens is 750 g/mol. The zero-order valence-corrected chi connectivity index (χ0v) is 38.0. The van der Waals surface area contributed by atoms with Crippen LogP contribution in [-0.2, 0) is 27.9 Å². The van der Waals surface area contributed by atoms with Gasteiger partial charge in [0.2, 0.25) is 0 Å². The molecule has 0 bridgehead atoms. The summed E-state index contributed by atoms with van der Waals surface area (Å²) < 4.78 is 34.1. The lowest BCUT2D eigenvalue weighted by molar-refractivity contribution is -0.870. The maximum absolute atomic E-state index is 12.5. The fourth-order valence-corrected chi connectivity index (χ4v) is 6.01. The Bertz CT molecular complexity index is 1260. The number of carbonyl (C=O) groups excluding carboxylic acids is 1. The molecule has 0 aliphatic carbocycles. The van der Waals surface area contributed by atoms with Crippen molar-refractivity contribution in [2.45, 2.75) is 154 Å². The number of phosphoric acid groups is 1. The predicted octanol–water partition coefficient (Wildman–Crippen LogP) is 11.7. The lowest BCUT2D eigenvalue weighted by atomic mass is 10.1. The standard InChI is InChI=1S/C48H82NO8P/c1-6-8-10-12-14-16-18-20-22-24-26-28-30-32-34-36-38-46(50)39-40-48(51)55-44-47(45-57-58(52,53)56-43-41-49(3,4)5)54-42-37-35-33-31-29-27-25-23-21-19-17-15-13-11-9-7-2/h8,10,14,16-17,19-20,22,26,28,32,34,36-38,42,46-47,50H,6-7,9,11-13,15,18,21,23-25,27,29-31,33,35,39-41,43-45H2,1-5H3/b10-8-,16-14-,19-17-,22-20-,28-26-,34-32-,38-36-,42-37+/t46?,47-/m1/s1. The second-order valence-electron chi connectivity index (χ2n) is 15.6. The highest BCUT2D eigenvalue weighted by atomic mass is 31.2. The van der Waals surface area contributed by atoms with Gasteiger partial charge in [-0.25, -0.2) is 0 Å². The van der Waals surface area contributed by atoms with Crippen molar-refractivity contribution in [3.05, 3.63) is 97.4 Å². The summed E-state index contributed by atoms with van der Waals surface area (Å²) >= 11 is 0. The van der Waals surface area contributed by atoms with E-state index in [2.05, 4.69) is 74.6 Å². The molecule has 0 fully saturated rings. The number of aliphatic hydroxyl groups excluding tert-OH is 1. The van der Waals surface area contributed by atoms with Crippen LogP contribution in [0.3, 0.4) is 0 Å². The highest BCUT2D eigenvalue weighted by Gasteiger charge is 2.19. The van der Waals surface area contributed by atoms with Crippen molar-refractivity contribution in [3.63, 3.8) is 0 Å². The van der Waals surface area contributed by atoms with Crippen LogP contribution in [-0.4, -0.2) is 75.3 Å². The van der Waals surface area contributed by atoms with Crippen molar-refractivity contribution in [3.8, 4) is 0 Å². The Kier molecular flexibility index (Phi) is 37.8. The van der Waals surface area contributed by atoms with Gasteiger partial charge >= 0.3 is 5.97 Å². The monoisotopic (exact) mass is 832 g/mol. The van der Waals surface area contributed by atoms with Gasteiger partial charge in [-0.3, -0.25) is 9.36 Å². The first-order valence-corrected chi connectivity index (χ1v) is 23.6. The Hall–Kier alpha value is -2.78. The minimum absolute atomic E-state index is 0.00930. The highest BCUT2D eigenvalue weighted by molar-refractivity contribution is 7.45. The molecular formula is C48H82NO8P. The van der Waals surface area contributed by atoms with E-state index in [1.807, 2.05) is 39.4 Å². The number of esters is 1. The SMILES string of the molecule is CC/C=C\C/C=C\C/C=C\C/C=C\C/C=C\C=C/C(O)CCC(=O)OC[C@H](COP(=O)([O-])OCC[N+](C)(C)C)O/C=C/CCCCCCCC/C=C\CCCCCC. The average molecular weight is 832 g/mol. The molecule has 0 aliphatic rings. The van der Waals surface area contributed by atoms with Crippen LogP contribution in [0.2, 0.25) is 0 Å². The third-order valence-corrected chi connectivity index (χ3v) is 9.79. The third kappa shape index (κ3) is 42.8. The summed E-state index contributed by atoms with van der Waals surface area (Å²) in [6.45, 7) is 4.27. The summed E-state index contributed by atoms with van der Waals surface area (Å²) in [6, 6.07) is 0. The number of ether oxygens (including phenoxy) is 2. The molecule has 332 valence electrons. The number of rotatable bonds is 39. The molecule has 1 N–H and O–H groups in total. The Morgan fingerprint density at radius 3 is 1.78 bits per heavy atom. The predicted molar refractivity (Wildman–Crippen MR) is 241 cm³/mol. The van der Waals surface area contributed by atoms with Crippen LogP contribution in [0.15, 0.2) is 97.4 Å². The van der Waals surface area contributed by atoms with Gasteiger partial charge in [0, 0.05) is 6.42 Å². The number of aliphatic hydroxyl groups is 1. The van der Waals surface area contributed by atoms with Crippen LogP contribution in [0, 0.1) is 0 Å². The lowest BCUT2D eigenvalue weighted by Crippen LogP contribution is -2.37. The number of allylic oxidation sites excluding steroid dienone is 14. The summed E-state index contributed by atoms with van der Waals surface area (Å²) in [4.78, 5) is 24.9. The lowest BCUT2D eigenvalue weighted by Gasteiger charge is -2.28. The topological polar surface area (TPSA) is 114 Å². The largest absolute Gasteiger partial charge is 0.756 e. The molecule has 2 unspecified atom stereocenters. The normalized spacial score (nSPS) is 15.2. The molecule has 0 aromatic carbocycles. The van der Waals surface area contributed by atoms with E-state index < -0.39 is 26.0 Å². The van der Waals surface area contributed by atoms with Crippen LogP contribution < -0.4 is 4.89 Å². The molecule has 58 heavy (non-hydrogen) atoms. The van der Waals surface area contributed by atoms with Crippen LogP contribution in [0.25, 0.3) is 0 Å². The van der Waals surface area contributed by atoms with Gasteiger partial charge < -0.3 is 33.0 Å². The smallest absolute Gasteiger partial charge is 0.306 e. The number of quaternary nitrogens is 1. The molecule has 0 saturated carbocycles. The Labute approximate surface area is 354 Å². The van der Waals surface area contributed by atoms with Crippen molar-refractivity contribution in [2.24, 2.45) is 0 Å². The number of hydrogen-bond donors (Lipinski definition) is 1. The van der Waals surface area contributed by atoms with Gasteiger partial charge in [0.1, 0.15) is 19.8 Å². The van der Waals surface area contributed by atoms with Gasteiger partial charge in [-0.1, -0.05) is 144 Å². The number of carbonyl (C=O) groups is 1. The summed E-state index contributed by atoms with van der Waals surface area (Å²) in [5.41, 5.74) is 0. The summed E-state index contributed by atoms with van der Waals surface area (Å²) in [5.74, 6) is -0.525. The van der Waals surface area contributed by atoms with E-state index in [9.17, 15) is 19.4 Å². The number of nitrogens with zero attached hydrogens (tertiary/aromatic N) is 1. The van der Waals surface area contributed by atoms with Crippen molar-refractivity contribution in [2.75, 3.05) is 47.5 Å². The van der Waals surface area contributed by atoms with Gasteiger partial charge in [-0.15, -0.1) is 0 Å². The minimum atomic E-state index is -4.58. The fourth-order valence-electron chi connectivity index (χ4n) is 5.28. The van der Waals surface area contributed by atoms with E-state index in [1.165, 1.54) is 70.5 Å². The maximum Gasteiger partial charge on any atom is 0.306 e. The van der Waals surface area contributed by atoms with Crippen molar-refractivity contribution in [1.29, 1.82) is 0 Å². The molecule has 0 aromatic rings. The molecule has 10 heteroatoms. The van der Waals surface area contributed by atoms with Crippen molar-refractivity contribution < 1.29 is 42.4 Å². The van der Waals surface area contributed by atoms with Crippen LogP contribution in [0.1, 0.15) is 142 Å². The quantitative estimate of drug-likeness (QED) is 0.0124. The van der Waals surface area contributed by atoms with E-state index in [0.717, 1.165) is 51.4 Å². The molecule has 0 spiro atoms. The second-order valence-corrected chi connectivity index (χ2v) is 17.0. The number of phosphoric ester groups is 1. The highest BCUT2D eigenvalue weighted by Crippen LogP contribution is 2.38. The molecule has 0 amide bonds. The third-order valence-electron chi connectivity index (χ3n) is 8.83. The van der Waals surface area contributed by atoms with E-state index in [0.29, 0.717) is 11.0 Å². The van der Waals surface area contributed by atoms with Gasteiger partial charge in [-0.05, 0) is 83.1 Å². The molecule has 0 rings (SSSR count). The van der Waals surface area contributed by atoms with Gasteiger partial charge in [-0.2, -0.15) is 0 Å². The fraction of sp³-hybridized carbons (Fsp3) is 0.646. The Morgan fingerprint density at radius 2 is 1.21 bits per heavy atom. The first-order valence-electron chi connectivity index (χ1n) is 22.1. The van der Waals surface area contributed by atoms with E-state index in [4.69, 9.17) is 18.5 Å². The summed E-state index contributed by atoms with van der Waals surface area (Å²) in [5, 5.41) is 10.3. The molecule has 0 aliphatic heterocycles. The zero-order chi connectivity index (χ0) is 42.8. The van der Waals surface area contributed by atoms with Gasteiger partial charge in [0.05, 0.1) is 40.1 Å². The first-order chi connectivity index (χ1) is 28.0. The second kappa shape index (κ2) is 39.7. The van der Waals surface area contributed by atoms with E-state index in [1.54, 1.807) is 12.2 Å². The number of likely N-dealkylation sites (N-methyl/N-ethyl adjacent to an activating group) is 1. The maximum atomic E-state index is 12.5. The molecule has 9 nitrogen and oxygen atoms in total. The molecule has 0 heterocycles. The number of unbranched alkanes of at least 4 members (excludes halogenated alkanes) is 11. The molecule has 3 atom stereocenters. The zero-order valence-electron chi connectivity index (χ0n) is 37.1. The first kappa shape index (κ1) is 55.2. The van der Waals surface area contributed by atoms with E-state index in [-0.39, 0.29) is 32.7 Å². The Morgan fingerprint density at radius 1 is 0.672 bits per heavy atom. The van der Waals surface area contributed by atoms with Crippen molar-refractivity contribution >= 4 is 13.8 Å². The molecule has 0 aromatic heterocycles. The summed E-state index contributed by atoms with van der Waals surface area (Å²) in [7, 11) is 1.22. The summed E-state index contributed by atoms with van der Waals surface area (Å²) in [6.07, 6.45) is 51.4. The van der Waals surface area contributed by atoms with Gasteiger partial charge in [0.15, 0.2) is 6.10 Å². The van der Waals surface area contributed by atoms with Crippen LogP contribution in [0.4, 0.5) is 0 Å².